The Bertz CT molecular complexity index is 491. The normalized spacial score (nSPS) is 17.1. The third-order valence-corrected chi connectivity index (χ3v) is 4.14. The van der Waals surface area contributed by atoms with Gasteiger partial charge in [0, 0.05) is 22.2 Å². The van der Waals surface area contributed by atoms with Gasteiger partial charge in [-0.1, -0.05) is 55.0 Å². The van der Waals surface area contributed by atoms with Crippen LogP contribution in [0, 0.1) is 0 Å². The summed E-state index contributed by atoms with van der Waals surface area (Å²) in [5.74, 6) is -0.0529. The molecule has 0 aromatic heterocycles. The minimum Gasteiger partial charge on any atom is -0.350 e. The van der Waals surface area contributed by atoms with Crippen molar-refractivity contribution in [2.24, 2.45) is 0 Å². The van der Waals surface area contributed by atoms with Gasteiger partial charge in [0.2, 0.25) is 5.91 Å². The minimum absolute atomic E-state index is 0.0529. The fourth-order valence-electron chi connectivity index (χ4n) is 2.48. The molecule has 2 rings (SSSR count). The van der Waals surface area contributed by atoms with E-state index in [0.29, 0.717) is 16.1 Å². The molecule has 1 aliphatic rings. The van der Waals surface area contributed by atoms with E-state index in [1.54, 1.807) is 30.4 Å². The Morgan fingerprint density at radius 3 is 2.50 bits per heavy atom. The third-order valence-electron chi connectivity index (χ3n) is 3.58. The molecule has 0 heterocycles. The molecule has 0 radical (unpaired) electrons. The fraction of sp³-hybridized carbons (Fsp3) is 0.438. The highest BCUT2D eigenvalue weighted by Crippen LogP contribution is 2.22. The monoisotopic (exact) mass is 311 g/mol. The van der Waals surface area contributed by atoms with Gasteiger partial charge in [-0.2, -0.15) is 0 Å². The molecule has 1 amide bonds. The van der Waals surface area contributed by atoms with E-state index in [-0.39, 0.29) is 5.91 Å². The molecule has 0 saturated heterocycles. The van der Waals surface area contributed by atoms with E-state index in [1.807, 2.05) is 0 Å². The quantitative estimate of drug-likeness (QED) is 0.627. The number of hydrogen-bond donors (Lipinski definition) is 1. The van der Waals surface area contributed by atoms with E-state index in [9.17, 15) is 4.79 Å². The molecule has 20 heavy (non-hydrogen) atoms. The van der Waals surface area contributed by atoms with Gasteiger partial charge in [-0.25, -0.2) is 0 Å². The topological polar surface area (TPSA) is 29.1 Å². The lowest BCUT2D eigenvalue weighted by atomic mass is 10.1. The minimum atomic E-state index is -0.0529. The summed E-state index contributed by atoms with van der Waals surface area (Å²) in [5.41, 5.74) is 0.798. The van der Waals surface area contributed by atoms with Crippen LogP contribution in [0.1, 0.15) is 44.1 Å². The maximum Gasteiger partial charge on any atom is 0.244 e. The zero-order valence-corrected chi connectivity index (χ0v) is 12.9. The maximum atomic E-state index is 11.9. The van der Waals surface area contributed by atoms with Crippen LogP contribution >= 0.6 is 23.2 Å². The van der Waals surface area contributed by atoms with Crippen molar-refractivity contribution in [1.29, 1.82) is 0 Å². The van der Waals surface area contributed by atoms with Crippen molar-refractivity contribution < 1.29 is 4.79 Å². The van der Waals surface area contributed by atoms with E-state index in [2.05, 4.69) is 5.32 Å². The number of carbonyl (C=O) groups excluding carboxylic acids is 1. The maximum absolute atomic E-state index is 11.9. The predicted molar refractivity (Wildman–Crippen MR) is 85.1 cm³/mol. The SMILES string of the molecule is O=C(/C=C/c1ccc(Cl)cc1Cl)NC1CCCCCC1. The van der Waals surface area contributed by atoms with Gasteiger partial charge in [-0.15, -0.1) is 0 Å². The third kappa shape index (κ3) is 4.84. The molecule has 0 aliphatic heterocycles. The molecule has 1 saturated carbocycles. The van der Waals surface area contributed by atoms with E-state index in [1.165, 1.54) is 25.7 Å². The molecule has 1 fully saturated rings. The summed E-state index contributed by atoms with van der Waals surface area (Å²) in [6.45, 7) is 0. The average Bonchev–Trinajstić information content (AvgIpc) is 2.66. The highest BCUT2D eigenvalue weighted by molar-refractivity contribution is 6.35. The first-order chi connectivity index (χ1) is 9.65. The van der Waals surface area contributed by atoms with Crippen LogP contribution in [0.4, 0.5) is 0 Å². The van der Waals surface area contributed by atoms with Gasteiger partial charge < -0.3 is 5.32 Å². The van der Waals surface area contributed by atoms with Gasteiger partial charge in [0.15, 0.2) is 0 Å². The van der Waals surface area contributed by atoms with Crippen LogP contribution < -0.4 is 5.32 Å². The summed E-state index contributed by atoms with van der Waals surface area (Å²) in [4.78, 5) is 11.9. The van der Waals surface area contributed by atoms with E-state index >= 15 is 0 Å². The van der Waals surface area contributed by atoms with Gasteiger partial charge in [-0.3, -0.25) is 4.79 Å². The molecule has 1 aromatic rings. The summed E-state index contributed by atoms with van der Waals surface area (Å²) in [5, 5.41) is 4.21. The zero-order chi connectivity index (χ0) is 14.4. The highest BCUT2D eigenvalue weighted by atomic mass is 35.5. The van der Waals surface area contributed by atoms with E-state index in [4.69, 9.17) is 23.2 Å². The first-order valence-corrected chi connectivity index (χ1v) is 7.84. The number of carbonyl (C=O) groups is 1. The Hall–Kier alpha value is -0.990. The van der Waals surface area contributed by atoms with Gasteiger partial charge in [-0.05, 0) is 36.6 Å². The average molecular weight is 312 g/mol. The van der Waals surface area contributed by atoms with Crippen LogP contribution in [0.5, 0.6) is 0 Å². The van der Waals surface area contributed by atoms with Crippen LogP contribution in [0.2, 0.25) is 10.0 Å². The number of benzene rings is 1. The number of rotatable bonds is 3. The Morgan fingerprint density at radius 1 is 1.15 bits per heavy atom. The van der Waals surface area contributed by atoms with Gasteiger partial charge in [0.05, 0.1) is 0 Å². The van der Waals surface area contributed by atoms with E-state index < -0.39 is 0 Å². The van der Waals surface area contributed by atoms with Crippen molar-refractivity contribution in [1.82, 2.24) is 5.32 Å². The molecule has 0 bridgehead atoms. The molecule has 1 N–H and O–H groups in total. The molecule has 1 aliphatic carbocycles. The van der Waals surface area contributed by atoms with Gasteiger partial charge in [0.1, 0.15) is 0 Å². The summed E-state index contributed by atoms with van der Waals surface area (Å²) in [7, 11) is 0. The van der Waals surface area contributed by atoms with Crippen LogP contribution in [-0.2, 0) is 4.79 Å². The van der Waals surface area contributed by atoms with Crippen LogP contribution in [0.25, 0.3) is 6.08 Å². The largest absolute Gasteiger partial charge is 0.350 e. The lowest BCUT2D eigenvalue weighted by molar-refractivity contribution is -0.117. The molecule has 4 heteroatoms. The smallest absolute Gasteiger partial charge is 0.244 e. The second kappa shape index (κ2) is 7.70. The summed E-state index contributed by atoms with van der Waals surface area (Å²) in [6, 6.07) is 5.55. The molecular formula is C16H19Cl2NO. The molecule has 1 aromatic carbocycles. The van der Waals surface area contributed by atoms with Crippen molar-refractivity contribution in [2.75, 3.05) is 0 Å². The molecular weight excluding hydrogens is 293 g/mol. The Morgan fingerprint density at radius 2 is 1.85 bits per heavy atom. The lowest BCUT2D eigenvalue weighted by Crippen LogP contribution is -2.33. The van der Waals surface area contributed by atoms with Crippen molar-refractivity contribution in [3.63, 3.8) is 0 Å². The summed E-state index contributed by atoms with van der Waals surface area (Å²) < 4.78 is 0. The number of nitrogens with one attached hydrogen (secondary N) is 1. The number of halogens is 2. The lowest BCUT2D eigenvalue weighted by Gasteiger charge is -2.14. The molecule has 0 spiro atoms. The summed E-state index contributed by atoms with van der Waals surface area (Å²) >= 11 is 11.9. The van der Waals surface area contributed by atoms with Crippen LogP contribution in [0.15, 0.2) is 24.3 Å². The van der Waals surface area contributed by atoms with Crippen molar-refractivity contribution in [3.05, 3.63) is 39.9 Å². The Balaban J connectivity index is 1.91. The Labute approximate surface area is 130 Å². The molecule has 0 atom stereocenters. The zero-order valence-electron chi connectivity index (χ0n) is 11.4. The van der Waals surface area contributed by atoms with E-state index in [0.717, 1.165) is 18.4 Å². The fourth-order valence-corrected chi connectivity index (χ4v) is 2.95. The standard InChI is InChI=1S/C16H19Cl2NO/c17-13-9-7-12(15(18)11-13)8-10-16(20)19-14-5-3-1-2-4-6-14/h7-11,14H,1-6H2,(H,19,20)/b10-8+. The van der Waals surface area contributed by atoms with Gasteiger partial charge in [0.25, 0.3) is 0 Å². The Kier molecular flexibility index (Phi) is 5.93. The number of hydrogen-bond acceptors (Lipinski definition) is 1. The van der Waals surface area contributed by atoms with Crippen LogP contribution in [0.3, 0.4) is 0 Å². The first kappa shape index (κ1) is 15.4. The molecule has 0 unspecified atom stereocenters. The van der Waals surface area contributed by atoms with Crippen LogP contribution in [-0.4, -0.2) is 11.9 Å². The van der Waals surface area contributed by atoms with Crippen molar-refractivity contribution in [2.45, 2.75) is 44.6 Å². The van der Waals surface area contributed by atoms with Crippen molar-refractivity contribution >= 4 is 35.2 Å². The second-order valence-electron chi connectivity index (χ2n) is 5.20. The first-order valence-electron chi connectivity index (χ1n) is 7.09. The predicted octanol–water partition coefficient (Wildman–Crippen LogP) is 4.85. The molecule has 2 nitrogen and oxygen atoms in total. The second-order valence-corrected chi connectivity index (χ2v) is 6.04. The van der Waals surface area contributed by atoms with Gasteiger partial charge >= 0.3 is 0 Å². The highest BCUT2D eigenvalue weighted by Gasteiger charge is 2.13. The van der Waals surface area contributed by atoms with Crippen molar-refractivity contribution in [3.8, 4) is 0 Å². The summed E-state index contributed by atoms with van der Waals surface area (Å²) in [6.07, 6.45) is 10.4. The molecule has 108 valence electrons. The number of amides is 1.